The molecule has 2 aromatic carbocycles. The van der Waals surface area contributed by atoms with Crippen molar-refractivity contribution >= 4 is 11.5 Å². The number of aromatic nitrogens is 2. The Kier molecular flexibility index (Phi) is 4.02. The summed E-state index contributed by atoms with van der Waals surface area (Å²) in [6.45, 7) is 1.34. The lowest BCUT2D eigenvalue weighted by Crippen LogP contribution is -1.98. The molecule has 0 saturated heterocycles. The van der Waals surface area contributed by atoms with Crippen LogP contribution in [0, 0.1) is 10.1 Å². The molecule has 0 spiro atoms. The molecule has 0 aliphatic rings. The van der Waals surface area contributed by atoms with E-state index in [4.69, 9.17) is 9.15 Å². The second-order valence-electron chi connectivity index (χ2n) is 4.87. The Balaban J connectivity index is 1.88. The van der Waals surface area contributed by atoms with Crippen LogP contribution in [0.2, 0.25) is 0 Å². The van der Waals surface area contributed by atoms with Gasteiger partial charge in [-0.2, -0.15) is 0 Å². The SMILES string of the molecule is CC(=O)c1ccc(Oc2ccc(-c3nnco3)cc2)c([N+](=O)[O-])c1. The Hall–Kier alpha value is -3.55. The number of ketones is 1. The first-order valence-electron chi connectivity index (χ1n) is 6.88. The largest absolute Gasteiger partial charge is 0.450 e. The van der Waals surface area contributed by atoms with Crippen molar-refractivity contribution in [1.29, 1.82) is 0 Å². The normalized spacial score (nSPS) is 10.4. The first-order valence-corrected chi connectivity index (χ1v) is 6.88. The lowest BCUT2D eigenvalue weighted by molar-refractivity contribution is -0.385. The van der Waals surface area contributed by atoms with E-state index in [2.05, 4.69) is 10.2 Å². The quantitative estimate of drug-likeness (QED) is 0.400. The number of carbonyl (C=O) groups excluding carboxylic acids is 1. The van der Waals surface area contributed by atoms with Gasteiger partial charge >= 0.3 is 5.69 Å². The highest BCUT2D eigenvalue weighted by Gasteiger charge is 2.18. The van der Waals surface area contributed by atoms with Gasteiger partial charge in [-0.05, 0) is 43.3 Å². The summed E-state index contributed by atoms with van der Waals surface area (Å²) >= 11 is 0. The number of carbonyl (C=O) groups is 1. The smallest absolute Gasteiger partial charge is 0.312 e. The molecule has 0 N–H and O–H groups in total. The maximum Gasteiger partial charge on any atom is 0.312 e. The van der Waals surface area contributed by atoms with Crippen molar-refractivity contribution in [2.24, 2.45) is 0 Å². The van der Waals surface area contributed by atoms with Crippen LogP contribution >= 0.6 is 0 Å². The number of hydrogen-bond acceptors (Lipinski definition) is 7. The fourth-order valence-corrected chi connectivity index (χ4v) is 2.06. The summed E-state index contributed by atoms with van der Waals surface area (Å²) in [5, 5.41) is 18.6. The van der Waals surface area contributed by atoms with Gasteiger partial charge in [-0.1, -0.05) is 0 Å². The molecule has 3 rings (SSSR count). The van der Waals surface area contributed by atoms with E-state index < -0.39 is 4.92 Å². The summed E-state index contributed by atoms with van der Waals surface area (Å²) in [5.41, 5.74) is 0.672. The van der Waals surface area contributed by atoms with Crippen molar-refractivity contribution < 1.29 is 18.9 Å². The minimum absolute atomic E-state index is 0.0514. The summed E-state index contributed by atoms with van der Waals surface area (Å²) in [6, 6.07) is 10.7. The predicted octanol–water partition coefficient (Wildman–Crippen LogP) is 3.64. The van der Waals surface area contributed by atoms with E-state index in [0.717, 1.165) is 0 Å². The minimum atomic E-state index is -0.589. The van der Waals surface area contributed by atoms with Crippen LogP contribution in [0.25, 0.3) is 11.5 Å². The van der Waals surface area contributed by atoms with E-state index >= 15 is 0 Å². The highest BCUT2D eigenvalue weighted by Crippen LogP contribution is 2.33. The van der Waals surface area contributed by atoms with Gasteiger partial charge in [0.05, 0.1) is 4.92 Å². The van der Waals surface area contributed by atoms with Crippen LogP contribution in [-0.4, -0.2) is 20.9 Å². The third-order valence-corrected chi connectivity index (χ3v) is 3.25. The molecular formula is C16H11N3O5. The zero-order chi connectivity index (χ0) is 17.1. The molecule has 8 nitrogen and oxygen atoms in total. The zero-order valence-electron chi connectivity index (χ0n) is 12.5. The molecule has 0 fully saturated rings. The highest BCUT2D eigenvalue weighted by molar-refractivity contribution is 5.95. The molecular weight excluding hydrogens is 314 g/mol. The van der Waals surface area contributed by atoms with Gasteiger partial charge in [0.1, 0.15) is 5.75 Å². The number of nitro benzene ring substituents is 1. The molecule has 0 amide bonds. The molecule has 1 aromatic heterocycles. The number of benzene rings is 2. The number of nitrogens with zero attached hydrogens (tertiary/aromatic N) is 3. The summed E-state index contributed by atoms with van der Waals surface area (Å²) in [6.07, 6.45) is 1.22. The van der Waals surface area contributed by atoms with Gasteiger partial charge in [0, 0.05) is 17.2 Å². The molecule has 0 aliphatic carbocycles. The molecule has 8 heteroatoms. The molecule has 0 radical (unpaired) electrons. The van der Waals surface area contributed by atoms with Crippen molar-refractivity contribution in [3.8, 4) is 23.0 Å². The fourth-order valence-electron chi connectivity index (χ4n) is 2.06. The summed E-state index contributed by atoms with van der Waals surface area (Å²) in [4.78, 5) is 22.0. The summed E-state index contributed by atoms with van der Waals surface area (Å²) < 4.78 is 10.6. The number of hydrogen-bond donors (Lipinski definition) is 0. The molecule has 3 aromatic rings. The molecule has 0 atom stereocenters. The van der Waals surface area contributed by atoms with Crippen LogP contribution in [0.15, 0.2) is 53.3 Å². The van der Waals surface area contributed by atoms with Crippen molar-refractivity contribution in [3.63, 3.8) is 0 Å². The van der Waals surface area contributed by atoms with Gasteiger partial charge in [-0.15, -0.1) is 10.2 Å². The Labute approximate surface area is 135 Å². The van der Waals surface area contributed by atoms with Crippen LogP contribution in [0.3, 0.4) is 0 Å². The van der Waals surface area contributed by atoms with Gasteiger partial charge in [-0.25, -0.2) is 0 Å². The average Bonchev–Trinajstić information content (AvgIpc) is 3.10. The van der Waals surface area contributed by atoms with Crippen LogP contribution in [0.1, 0.15) is 17.3 Å². The van der Waals surface area contributed by atoms with Crippen molar-refractivity contribution in [3.05, 3.63) is 64.5 Å². The van der Waals surface area contributed by atoms with Gasteiger partial charge < -0.3 is 9.15 Å². The summed E-state index contributed by atoms with van der Waals surface area (Å²) in [5.74, 6) is 0.555. The van der Waals surface area contributed by atoms with E-state index in [1.165, 1.54) is 31.5 Å². The Morgan fingerprint density at radius 3 is 2.54 bits per heavy atom. The minimum Gasteiger partial charge on any atom is -0.450 e. The molecule has 1 heterocycles. The molecule has 0 bridgehead atoms. The van der Waals surface area contributed by atoms with Crippen molar-refractivity contribution in [2.75, 3.05) is 0 Å². The Morgan fingerprint density at radius 2 is 1.96 bits per heavy atom. The van der Waals surface area contributed by atoms with Crippen LogP contribution in [0.4, 0.5) is 5.69 Å². The summed E-state index contributed by atoms with van der Waals surface area (Å²) in [7, 11) is 0. The lowest BCUT2D eigenvalue weighted by Gasteiger charge is -2.07. The monoisotopic (exact) mass is 325 g/mol. The van der Waals surface area contributed by atoms with Gasteiger partial charge in [-0.3, -0.25) is 14.9 Å². The second kappa shape index (κ2) is 6.29. The number of rotatable bonds is 5. The van der Waals surface area contributed by atoms with Crippen LogP contribution < -0.4 is 4.74 Å². The first kappa shape index (κ1) is 15.3. The topological polar surface area (TPSA) is 108 Å². The average molecular weight is 325 g/mol. The maximum atomic E-state index is 11.4. The Bertz CT molecular complexity index is 889. The lowest BCUT2D eigenvalue weighted by atomic mass is 10.1. The van der Waals surface area contributed by atoms with Gasteiger partial charge in [0.15, 0.2) is 5.78 Å². The van der Waals surface area contributed by atoms with E-state index in [9.17, 15) is 14.9 Å². The molecule has 0 aliphatic heterocycles. The molecule has 0 unspecified atom stereocenters. The van der Waals surface area contributed by atoms with Gasteiger partial charge in [0.2, 0.25) is 18.0 Å². The maximum absolute atomic E-state index is 11.4. The fraction of sp³-hybridized carbons (Fsp3) is 0.0625. The van der Waals surface area contributed by atoms with Crippen molar-refractivity contribution in [2.45, 2.75) is 6.92 Å². The number of Topliss-reactive ketones (excluding diaryl/α,β-unsaturated/α-hetero) is 1. The van der Waals surface area contributed by atoms with E-state index in [0.29, 0.717) is 17.2 Å². The van der Waals surface area contributed by atoms with Crippen LogP contribution in [-0.2, 0) is 0 Å². The number of ether oxygens (including phenoxy) is 1. The predicted molar refractivity (Wildman–Crippen MR) is 82.9 cm³/mol. The van der Waals surface area contributed by atoms with E-state index in [1.54, 1.807) is 24.3 Å². The highest BCUT2D eigenvalue weighted by atomic mass is 16.6. The van der Waals surface area contributed by atoms with Gasteiger partial charge in [0.25, 0.3) is 0 Å². The Morgan fingerprint density at radius 1 is 1.21 bits per heavy atom. The van der Waals surface area contributed by atoms with Crippen LogP contribution in [0.5, 0.6) is 11.5 Å². The standard InChI is InChI=1S/C16H11N3O5/c1-10(20)12-4-7-15(14(8-12)19(21)22)24-13-5-2-11(3-6-13)16-18-17-9-23-16/h2-9H,1H3. The zero-order valence-corrected chi connectivity index (χ0v) is 12.5. The van der Waals surface area contributed by atoms with Crippen molar-refractivity contribution in [1.82, 2.24) is 10.2 Å². The molecule has 0 saturated carbocycles. The third kappa shape index (κ3) is 3.12. The molecule has 120 valence electrons. The second-order valence-corrected chi connectivity index (χ2v) is 4.87. The van der Waals surface area contributed by atoms with E-state index in [-0.39, 0.29) is 22.8 Å². The van der Waals surface area contributed by atoms with E-state index in [1.807, 2.05) is 0 Å². The first-order chi connectivity index (χ1) is 11.5. The number of nitro groups is 1. The molecule has 24 heavy (non-hydrogen) atoms. The third-order valence-electron chi connectivity index (χ3n) is 3.25.